The number of benzene rings is 1. The van der Waals surface area contributed by atoms with Crippen LogP contribution in [0, 0.1) is 6.92 Å². The number of hydrogen-bond acceptors (Lipinski definition) is 2. The van der Waals surface area contributed by atoms with E-state index in [1.807, 2.05) is 26.1 Å². The molecule has 0 saturated carbocycles. The van der Waals surface area contributed by atoms with Gasteiger partial charge in [0.05, 0.1) is 12.1 Å². The second kappa shape index (κ2) is 4.49. The number of methoxy groups -OCH3 is 1. The van der Waals surface area contributed by atoms with E-state index in [2.05, 4.69) is 5.32 Å². The molecular weight excluding hydrogens is 186 g/mol. The molecule has 1 N–H and O–H groups in total. The second-order valence-electron chi connectivity index (χ2n) is 2.91. The first-order valence-electron chi connectivity index (χ1n) is 4.17. The number of nitrogens with one attached hydrogen (secondary N) is 1. The summed E-state index contributed by atoms with van der Waals surface area (Å²) in [5.74, 6) is 0.774. The number of rotatable bonds is 3. The van der Waals surface area contributed by atoms with E-state index in [9.17, 15) is 0 Å². The van der Waals surface area contributed by atoms with Crippen molar-refractivity contribution >= 4 is 11.6 Å². The van der Waals surface area contributed by atoms with Gasteiger partial charge in [0.15, 0.2) is 0 Å². The highest BCUT2D eigenvalue weighted by molar-refractivity contribution is 6.32. The third-order valence-corrected chi connectivity index (χ3v) is 2.30. The Labute approximate surface area is 83.9 Å². The van der Waals surface area contributed by atoms with Gasteiger partial charge >= 0.3 is 0 Å². The van der Waals surface area contributed by atoms with E-state index in [4.69, 9.17) is 16.3 Å². The molecule has 0 aromatic heterocycles. The molecule has 2 nitrogen and oxygen atoms in total. The Balaban J connectivity index is 3.18. The normalized spacial score (nSPS) is 10.2. The van der Waals surface area contributed by atoms with Crippen LogP contribution in [0.5, 0.6) is 5.75 Å². The summed E-state index contributed by atoms with van der Waals surface area (Å²) in [5.41, 5.74) is 2.31. The van der Waals surface area contributed by atoms with E-state index in [0.717, 1.165) is 17.9 Å². The minimum absolute atomic E-state index is 0.665. The zero-order valence-corrected chi connectivity index (χ0v) is 8.90. The van der Waals surface area contributed by atoms with Crippen LogP contribution in [-0.4, -0.2) is 14.2 Å². The maximum absolute atomic E-state index is 5.98. The van der Waals surface area contributed by atoms with Crippen LogP contribution in [0.25, 0.3) is 0 Å². The van der Waals surface area contributed by atoms with Crippen molar-refractivity contribution in [1.82, 2.24) is 5.32 Å². The van der Waals surface area contributed by atoms with Crippen molar-refractivity contribution in [3.8, 4) is 5.75 Å². The molecule has 0 spiro atoms. The third kappa shape index (κ3) is 2.14. The quantitative estimate of drug-likeness (QED) is 0.807. The SMILES string of the molecule is CNCc1c(C)ccc(Cl)c1OC. The summed E-state index contributed by atoms with van der Waals surface area (Å²) in [6, 6.07) is 3.85. The summed E-state index contributed by atoms with van der Waals surface area (Å²) < 4.78 is 5.24. The van der Waals surface area contributed by atoms with Crippen LogP contribution in [0.2, 0.25) is 5.02 Å². The molecule has 0 aliphatic heterocycles. The Hall–Kier alpha value is -0.730. The van der Waals surface area contributed by atoms with Gasteiger partial charge in [-0.05, 0) is 25.6 Å². The fourth-order valence-electron chi connectivity index (χ4n) is 1.31. The van der Waals surface area contributed by atoms with Crippen molar-refractivity contribution in [2.75, 3.05) is 14.2 Å². The average molecular weight is 200 g/mol. The van der Waals surface area contributed by atoms with Crippen LogP contribution in [0.4, 0.5) is 0 Å². The number of hydrogen-bond donors (Lipinski definition) is 1. The predicted molar refractivity (Wildman–Crippen MR) is 55.5 cm³/mol. The largest absolute Gasteiger partial charge is 0.495 e. The molecule has 1 rings (SSSR count). The van der Waals surface area contributed by atoms with Crippen LogP contribution in [0.1, 0.15) is 11.1 Å². The smallest absolute Gasteiger partial charge is 0.142 e. The summed E-state index contributed by atoms with van der Waals surface area (Å²) >= 11 is 5.98. The van der Waals surface area contributed by atoms with Gasteiger partial charge in [-0.25, -0.2) is 0 Å². The lowest BCUT2D eigenvalue weighted by Crippen LogP contribution is -2.08. The van der Waals surface area contributed by atoms with Crippen LogP contribution in [-0.2, 0) is 6.54 Å². The van der Waals surface area contributed by atoms with Crippen molar-refractivity contribution in [2.45, 2.75) is 13.5 Å². The lowest BCUT2D eigenvalue weighted by molar-refractivity contribution is 0.408. The topological polar surface area (TPSA) is 21.3 Å². The van der Waals surface area contributed by atoms with Gasteiger partial charge in [-0.1, -0.05) is 17.7 Å². The van der Waals surface area contributed by atoms with Gasteiger partial charge in [0, 0.05) is 12.1 Å². The lowest BCUT2D eigenvalue weighted by atomic mass is 10.1. The highest BCUT2D eigenvalue weighted by Gasteiger charge is 2.09. The molecule has 0 radical (unpaired) electrons. The molecular formula is C10H14ClNO. The summed E-state index contributed by atoms with van der Waals surface area (Å²) in [5, 5.41) is 3.75. The molecule has 1 aromatic rings. The van der Waals surface area contributed by atoms with Gasteiger partial charge in [-0.2, -0.15) is 0 Å². The van der Waals surface area contributed by atoms with Gasteiger partial charge in [0.25, 0.3) is 0 Å². The Bertz CT molecular complexity index is 299. The zero-order valence-electron chi connectivity index (χ0n) is 8.15. The Kier molecular flexibility index (Phi) is 3.58. The fourth-order valence-corrected chi connectivity index (χ4v) is 1.57. The molecule has 0 bridgehead atoms. The third-order valence-electron chi connectivity index (χ3n) is 2.00. The summed E-state index contributed by atoms with van der Waals surface area (Å²) in [6.45, 7) is 2.82. The monoisotopic (exact) mass is 199 g/mol. The summed E-state index contributed by atoms with van der Waals surface area (Å²) in [7, 11) is 3.54. The second-order valence-corrected chi connectivity index (χ2v) is 3.31. The van der Waals surface area contributed by atoms with Crippen molar-refractivity contribution in [1.29, 1.82) is 0 Å². The maximum atomic E-state index is 5.98. The predicted octanol–water partition coefficient (Wildman–Crippen LogP) is 2.38. The lowest BCUT2D eigenvalue weighted by Gasteiger charge is -2.12. The summed E-state index contributed by atoms with van der Waals surface area (Å²) in [6.07, 6.45) is 0. The number of aryl methyl sites for hydroxylation is 1. The molecule has 0 aliphatic carbocycles. The van der Waals surface area contributed by atoms with Gasteiger partial charge < -0.3 is 10.1 Å². The Morgan fingerprint density at radius 3 is 2.69 bits per heavy atom. The molecule has 13 heavy (non-hydrogen) atoms. The van der Waals surface area contributed by atoms with Crippen molar-refractivity contribution in [3.05, 3.63) is 28.3 Å². The van der Waals surface area contributed by atoms with Crippen LogP contribution >= 0.6 is 11.6 Å². The van der Waals surface area contributed by atoms with E-state index >= 15 is 0 Å². The Morgan fingerprint density at radius 2 is 2.15 bits per heavy atom. The van der Waals surface area contributed by atoms with E-state index in [1.165, 1.54) is 5.56 Å². The summed E-state index contributed by atoms with van der Waals surface area (Å²) in [4.78, 5) is 0. The minimum atomic E-state index is 0.665. The molecule has 0 saturated heterocycles. The van der Waals surface area contributed by atoms with Gasteiger partial charge in [-0.3, -0.25) is 0 Å². The van der Waals surface area contributed by atoms with Gasteiger partial charge in [0.2, 0.25) is 0 Å². The average Bonchev–Trinajstić information content (AvgIpc) is 2.12. The zero-order chi connectivity index (χ0) is 9.84. The highest BCUT2D eigenvalue weighted by atomic mass is 35.5. The van der Waals surface area contributed by atoms with Gasteiger partial charge in [-0.15, -0.1) is 0 Å². The van der Waals surface area contributed by atoms with Crippen molar-refractivity contribution in [3.63, 3.8) is 0 Å². The molecule has 0 amide bonds. The maximum Gasteiger partial charge on any atom is 0.142 e. The van der Waals surface area contributed by atoms with E-state index < -0.39 is 0 Å². The highest BCUT2D eigenvalue weighted by Crippen LogP contribution is 2.30. The van der Waals surface area contributed by atoms with Gasteiger partial charge in [0.1, 0.15) is 5.75 Å². The van der Waals surface area contributed by atoms with E-state index in [0.29, 0.717) is 5.02 Å². The van der Waals surface area contributed by atoms with Crippen LogP contribution < -0.4 is 10.1 Å². The first kappa shape index (κ1) is 10.4. The molecule has 1 aromatic carbocycles. The first-order chi connectivity index (χ1) is 6.20. The Morgan fingerprint density at radius 1 is 1.46 bits per heavy atom. The molecule has 0 atom stereocenters. The molecule has 0 fully saturated rings. The van der Waals surface area contributed by atoms with Crippen LogP contribution in [0.3, 0.4) is 0 Å². The van der Waals surface area contributed by atoms with E-state index in [-0.39, 0.29) is 0 Å². The standard InChI is InChI=1S/C10H14ClNO/c1-7-4-5-9(11)10(13-3)8(7)6-12-2/h4-5,12H,6H2,1-3H3. The van der Waals surface area contributed by atoms with Crippen molar-refractivity contribution in [2.24, 2.45) is 0 Å². The first-order valence-corrected chi connectivity index (χ1v) is 4.55. The number of halogens is 1. The minimum Gasteiger partial charge on any atom is -0.495 e. The molecule has 0 aliphatic rings. The van der Waals surface area contributed by atoms with E-state index in [1.54, 1.807) is 7.11 Å². The fraction of sp³-hybridized carbons (Fsp3) is 0.400. The number of ether oxygens (including phenoxy) is 1. The van der Waals surface area contributed by atoms with Crippen molar-refractivity contribution < 1.29 is 4.74 Å². The molecule has 3 heteroatoms. The van der Waals surface area contributed by atoms with Crippen LogP contribution in [0.15, 0.2) is 12.1 Å². The molecule has 0 heterocycles. The molecule has 72 valence electrons. The molecule has 0 unspecified atom stereocenters.